The van der Waals surface area contributed by atoms with E-state index in [1.54, 1.807) is 0 Å². The Balaban J connectivity index is 1.94. The summed E-state index contributed by atoms with van der Waals surface area (Å²) in [6.07, 6.45) is 2.82. The number of ether oxygens (including phenoxy) is 2. The second-order valence-electron chi connectivity index (χ2n) is 8.33. The zero-order valence-electron chi connectivity index (χ0n) is 16.6. The third kappa shape index (κ3) is 2.27. The van der Waals surface area contributed by atoms with Crippen LogP contribution in [0.3, 0.4) is 0 Å². The normalized spacial score (nSPS) is 34.5. The molecular formula is C22H23N5O2. The fraction of sp³-hybridized carbons (Fsp3) is 0.545. The van der Waals surface area contributed by atoms with E-state index in [0.717, 1.165) is 24.9 Å². The Labute approximate surface area is 170 Å². The highest BCUT2D eigenvalue weighted by atomic mass is 16.7. The van der Waals surface area contributed by atoms with Gasteiger partial charge in [-0.25, -0.2) is 0 Å². The monoisotopic (exact) mass is 389 g/mol. The van der Waals surface area contributed by atoms with E-state index in [2.05, 4.69) is 18.2 Å². The van der Waals surface area contributed by atoms with Gasteiger partial charge in [0.25, 0.3) is 0 Å². The molecule has 3 fully saturated rings. The van der Waals surface area contributed by atoms with Crippen molar-refractivity contribution in [2.75, 3.05) is 19.0 Å². The van der Waals surface area contributed by atoms with Gasteiger partial charge in [-0.3, -0.25) is 5.41 Å². The van der Waals surface area contributed by atoms with Crippen LogP contribution in [0.15, 0.2) is 24.3 Å². The predicted octanol–water partition coefficient (Wildman–Crippen LogP) is 3.65. The van der Waals surface area contributed by atoms with Gasteiger partial charge in [0.1, 0.15) is 6.10 Å². The minimum atomic E-state index is -1.87. The second kappa shape index (κ2) is 6.48. The summed E-state index contributed by atoms with van der Waals surface area (Å²) in [5, 5.41) is 39.4. The Morgan fingerprint density at radius 1 is 1.03 bits per heavy atom. The first-order chi connectivity index (χ1) is 13.9. The van der Waals surface area contributed by atoms with Crippen molar-refractivity contribution in [1.82, 2.24) is 0 Å². The summed E-state index contributed by atoms with van der Waals surface area (Å²) in [6.45, 7) is 0. The van der Waals surface area contributed by atoms with E-state index in [9.17, 15) is 15.8 Å². The molecule has 4 atom stereocenters. The summed E-state index contributed by atoms with van der Waals surface area (Å²) in [6, 6.07) is 13.9. The number of rotatable bonds is 2. The Bertz CT molecular complexity index is 953. The third-order valence-electron chi connectivity index (χ3n) is 6.78. The summed E-state index contributed by atoms with van der Waals surface area (Å²) >= 11 is 0. The molecule has 1 aromatic rings. The summed E-state index contributed by atoms with van der Waals surface area (Å²) in [7, 11) is 3.85. The number of anilines is 1. The molecule has 2 saturated heterocycles. The molecule has 0 amide bonds. The maximum absolute atomic E-state index is 10.3. The van der Waals surface area contributed by atoms with Crippen molar-refractivity contribution in [2.45, 2.75) is 44.0 Å². The molecule has 1 aliphatic carbocycles. The van der Waals surface area contributed by atoms with Gasteiger partial charge in [0.05, 0.1) is 24.1 Å². The van der Waals surface area contributed by atoms with Gasteiger partial charge in [0, 0.05) is 26.2 Å². The van der Waals surface area contributed by atoms with Crippen molar-refractivity contribution in [3.05, 3.63) is 29.8 Å². The molecule has 1 saturated carbocycles. The van der Waals surface area contributed by atoms with Gasteiger partial charge < -0.3 is 14.4 Å². The largest absolute Gasteiger partial charge is 0.447 e. The minimum Gasteiger partial charge on any atom is -0.447 e. The lowest BCUT2D eigenvalue weighted by molar-refractivity contribution is -0.284. The smallest absolute Gasteiger partial charge is 0.217 e. The second-order valence-corrected chi connectivity index (χ2v) is 8.33. The Kier molecular flexibility index (Phi) is 4.30. The average Bonchev–Trinajstić information content (AvgIpc) is 2.86. The Morgan fingerprint density at radius 2 is 1.72 bits per heavy atom. The first kappa shape index (κ1) is 19.2. The van der Waals surface area contributed by atoms with E-state index >= 15 is 0 Å². The summed E-state index contributed by atoms with van der Waals surface area (Å²) in [5.41, 5.74) is -1.91. The molecule has 0 radical (unpaired) electrons. The zero-order chi connectivity index (χ0) is 20.9. The molecule has 4 rings (SSSR count). The van der Waals surface area contributed by atoms with Gasteiger partial charge >= 0.3 is 0 Å². The quantitative estimate of drug-likeness (QED) is 0.825. The maximum Gasteiger partial charge on any atom is 0.217 e. The van der Waals surface area contributed by atoms with Crippen LogP contribution in [0.4, 0.5) is 5.69 Å². The van der Waals surface area contributed by atoms with Gasteiger partial charge in [0.15, 0.2) is 5.41 Å². The van der Waals surface area contributed by atoms with Gasteiger partial charge in [-0.2, -0.15) is 15.8 Å². The molecule has 1 aromatic carbocycles. The molecule has 2 heterocycles. The van der Waals surface area contributed by atoms with E-state index in [1.807, 2.05) is 43.3 Å². The standard InChI is InChI=1S/C22H23N5O2/c1-27(2)16-9-7-15(8-10-16)18-20(12-23,13-24)21(14-25)17-6-4-3-5-11-22(17,28-18)29-19(21)26/h7-10,17-18,26H,3-6,11H2,1-2H3. The van der Waals surface area contributed by atoms with Crippen LogP contribution in [0.25, 0.3) is 0 Å². The van der Waals surface area contributed by atoms with E-state index in [1.165, 1.54) is 0 Å². The highest BCUT2D eigenvalue weighted by molar-refractivity contribution is 5.89. The van der Waals surface area contributed by atoms with Crippen LogP contribution in [0.5, 0.6) is 0 Å². The highest BCUT2D eigenvalue weighted by Crippen LogP contribution is 2.68. The van der Waals surface area contributed by atoms with Crippen molar-refractivity contribution in [1.29, 1.82) is 21.2 Å². The average molecular weight is 389 g/mol. The van der Waals surface area contributed by atoms with E-state index in [-0.39, 0.29) is 5.90 Å². The van der Waals surface area contributed by atoms with Crippen molar-refractivity contribution in [3.8, 4) is 18.2 Å². The summed E-state index contributed by atoms with van der Waals surface area (Å²) in [5.74, 6) is -1.94. The number of hydrogen-bond acceptors (Lipinski definition) is 7. The highest BCUT2D eigenvalue weighted by Gasteiger charge is 2.80. The lowest BCUT2D eigenvalue weighted by atomic mass is 9.52. The summed E-state index contributed by atoms with van der Waals surface area (Å²) in [4.78, 5) is 1.95. The van der Waals surface area contributed by atoms with Crippen LogP contribution in [0, 0.1) is 56.2 Å². The molecule has 2 aliphatic heterocycles. The summed E-state index contributed by atoms with van der Waals surface area (Å²) < 4.78 is 12.4. The third-order valence-corrected chi connectivity index (χ3v) is 6.78. The van der Waals surface area contributed by atoms with Gasteiger partial charge in [-0.15, -0.1) is 0 Å². The maximum atomic E-state index is 10.3. The molecule has 2 bridgehead atoms. The van der Waals surface area contributed by atoms with E-state index in [0.29, 0.717) is 18.4 Å². The molecule has 7 nitrogen and oxygen atoms in total. The number of benzene rings is 1. The number of hydrogen-bond donors (Lipinski definition) is 1. The Hall–Kier alpha value is -3.08. The van der Waals surface area contributed by atoms with Crippen molar-refractivity contribution < 1.29 is 9.47 Å². The van der Waals surface area contributed by atoms with Crippen LogP contribution in [-0.4, -0.2) is 25.8 Å². The van der Waals surface area contributed by atoms with Crippen LogP contribution in [-0.2, 0) is 9.47 Å². The van der Waals surface area contributed by atoms with Crippen LogP contribution < -0.4 is 4.90 Å². The first-order valence-corrected chi connectivity index (χ1v) is 9.87. The van der Waals surface area contributed by atoms with Crippen molar-refractivity contribution in [3.63, 3.8) is 0 Å². The topological polar surface area (TPSA) is 117 Å². The molecule has 0 aromatic heterocycles. The molecule has 148 valence electrons. The van der Waals surface area contributed by atoms with Gasteiger partial charge in [-0.05, 0) is 30.5 Å². The molecule has 1 N–H and O–H groups in total. The number of nitriles is 3. The molecule has 4 unspecified atom stereocenters. The zero-order valence-corrected chi connectivity index (χ0v) is 16.6. The van der Waals surface area contributed by atoms with Crippen LogP contribution in [0.1, 0.15) is 43.8 Å². The molecular weight excluding hydrogens is 366 g/mol. The molecule has 7 heteroatoms. The van der Waals surface area contributed by atoms with E-state index < -0.39 is 28.6 Å². The fourth-order valence-corrected chi connectivity index (χ4v) is 5.29. The SMILES string of the molecule is CN(C)c1ccc(C2OC34CCCCCC3C(C#N)(C(=N)O4)C2(C#N)C#N)cc1. The number of nitrogens with zero attached hydrogens (tertiary/aromatic N) is 4. The minimum absolute atomic E-state index is 0.303. The molecule has 29 heavy (non-hydrogen) atoms. The molecule has 0 spiro atoms. The first-order valence-electron chi connectivity index (χ1n) is 9.87. The van der Waals surface area contributed by atoms with Gasteiger partial charge in [0.2, 0.25) is 17.1 Å². The van der Waals surface area contributed by atoms with Crippen molar-refractivity contribution in [2.24, 2.45) is 16.7 Å². The lowest BCUT2D eigenvalue weighted by Crippen LogP contribution is -2.59. The van der Waals surface area contributed by atoms with Crippen LogP contribution in [0.2, 0.25) is 0 Å². The van der Waals surface area contributed by atoms with Gasteiger partial charge in [-0.1, -0.05) is 25.0 Å². The van der Waals surface area contributed by atoms with Crippen LogP contribution >= 0.6 is 0 Å². The predicted molar refractivity (Wildman–Crippen MR) is 104 cm³/mol. The molecule has 3 aliphatic rings. The Morgan fingerprint density at radius 3 is 2.31 bits per heavy atom. The fourth-order valence-electron chi connectivity index (χ4n) is 5.29. The van der Waals surface area contributed by atoms with Crippen molar-refractivity contribution >= 4 is 11.6 Å². The number of nitrogens with one attached hydrogen (secondary N) is 1. The lowest BCUT2D eigenvalue weighted by Gasteiger charge is -2.49. The van der Waals surface area contributed by atoms with E-state index in [4.69, 9.17) is 14.9 Å².